The van der Waals surface area contributed by atoms with Crippen LogP contribution in [0.15, 0.2) is 6.33 Å². The largest absolute Gasteiger partial charge is 0.489 e. The third-order valence-electron chi connectivity index (χ3n) is 1.99. The van der Waals surface area contributed by atoms with Crippen LogP contribution in [0.3, 0.4) is 0 Å². The van der Waals surface area contributed by atoms with E-state index in [2.05, 4.69) is 15.3 Å². The summed E-state index contributed by atoms with van der Waals surface area (Å²) in [5.74, 6) is 1.51. The monoisotopic (exact) mass is 241 g/mol. The van der Waals surface area contributed by atoms with Crippen LogP contribution in [0.25, 0.3) is 0 Å². The highest BCUT2D eigenvalue weighted by atomic mass is 16.5. The third-order valence-corrected chi connectivity index (χ3v) is 1.99. The van der Waals surface area contributed by atoms with Gasteiger partial charge >= 0.3 is 0 Å². The van der Waals surface area contributed by atoms with Crippen molar-refractivity contribution in [2.24, 2.45) is 0 Å². The van der Waals surface area contributed by atoms with E-state index in [0.29, 0.717) is 30.7 Å². The first-order chi connectivity index (χ1) is 8.19. The maximum Gasteiger partial charge on any atom is 0.262 e. The van der Waals surface area contributed by atoms with Gasteiger partial charge in [0, 0.05) is 7.05 Å². The predicted molar refractivity (Wildman–Crippen MR) is 64.7 cm³/mol. The predicted octanol–water partition coefficient (Wildman–Crippen LogP) is 1.33. The van der Waals surface area contributed by atoms with E-state index in [0.717, 1.165) is 0 Å². The van der Waals surface area contributed by atoms with Crippen molar-refractivity contribution in [2.45, 2.75) is 20.0 Å². The number of ether oxygens (including phenoxy) is 3. The van der Waals surface area contributed by atoms with E-state index >= 15 is 0 Å². The number of anilines is 1. The molecule has 1 heterocycles. The van der Waals surface area contributed by atoms with Crippen molar-refractivity contribution in [3.63, 3.8) is 0 Å². The quantitative estimate of drug-likeness (QED) is 0.726. The first-order valence-corrected chi connectivity index (χ1v) is 5.50. The van der Waals surface area contributed by atoms with Crippen LogP contribution >= 0.6 is 0 Å². The fraction of sp³-hybridized carbons (Fsp3) is 0.636. The molecule has 0 saturated heterocycles. The Labute approximate surface area is 101 Å². The molecule has 0 fully saturated rings. The second-order valence-electron chi connectivity index (χ2n) is 3.58. The van der Waals surface area contributed by atoms with Gasteiger partial charge < -0.3 is 19.5 Å². The summed E-state index contributed by atoms with van der Waals surface area (Å²) in [4.78, 5) is 8.05. The van der Waals surface area contributed by atoms with Gasteiger partial charge in [0.15, 0.2) is 5.82 Å². The van der Waals surface area contributed by atoms with Crippen molar-refractivity contribution in [3.05, 3.63) is 6.33 Å². The van der Waals surface area contributed by atoms with Crippen LogP contribution < -0.4 is 14.8 Å². The standard InChI is InChI=1S/C11H19N3O3/c1-8(2)16-5-6-17-11-9(15-4)10(12-3)13-7-14-11/h7-8H,5-6H2,1-4H3,(H,12,13,14). The Kier molecular flexibility index (Phi) is 5.48. The van der Waals surface area contributed by atoms with Gasteiger partial charge in [-0.1, -0.05) is 0 Å². The van der Waals surface area contributed by atoms with Crippen LogP contribution in [0.4, 0.5) is 5.82 Å². The number of methoxy groups -OCH3 is 1. The number of nitrogens with zero attached hydrogens (tertiary/aromatic N) is 2. The molecule has 0 saturated carbocycles. The van der Waals surface area contributed by atoms with Crippen LogP contribution in [0, 0.1) is 0 Å². The molecule has 0 aliphatic carbocycles. The Morgan fingerprint density at radius 1 is 1.29 bits per heavy atom. The molecule has 6 heteroatoms. The summed E-state index contributed by atoms with van der Waals surface area (Å²) in [6.45, 7) is 4.89. The molecule has 0 atom stereocenters. The zero-order valence-corrected chi connectivity index (χ0v) is 10.7. The van der Waals surface area contributed by atoms with Crippen molar-refractivity contribution in [3.8, 4) is 11.6 Å². The molecule has 1 aromatic heterocycles. The Bertz CT molecular complexity index is 345. The SMILES string of the molecule is CNc1ncnc(OCCOC(C)C)c1OC. The molecular formula is C11H19N3O3. The molecule has 0 radical (unpaired) electrons. The summed E-state index contributed by atoms with van der Waals surface area (Å²) in [6.07, 6.45) is 1.62. The molecule has 0 aliphatic heterocycles. The fourth-order valence-electron chi connectivity index (χ4n) is 1.24. The van der Waals surface area contributed by atoms with E-state index in [-0.39, 0.29) is 6.10 Å². The molecule has 1 N–H and O–H groups in total. The molecule has 1 aromatic rings. The van der Waals surface area contributed by atoms with Gasteiger partial charge in [-0.05, 0) is 13.8 Å². The average Bonchev–Trinajstić information content (AvgIpc) is 2.33. The lowest BCUT2D eigenvalue weighted by atomic mass is 10.5. The van der Waals surface area contributed by atoms with Gasteiger partial charge in [0.1, 0.15) is 12.9 Å². The summed E-state index contributed by atoms with van der Waals surface area (Å²) in [6, 6.07) is 0. The Balaban J connectivity index is 2.58. The summed E-state index contributed by atoms with van der Waals surface area (Å²) in [5, 5.41) is 2.91. The number of hydrogen-bond donors (Lipinski definition) is 1. The molecule has 96 valence electrons. The van der Waals surface area contributed by atoms with Gasteiger partial charge in [-0.2, -0.15) is 4.98 Å². The lowest BCUT2D eigenvalue weighted by Gasteiger charge is -2.12. The van der Waals surface area contributed by atoms with Gasteiger partial charge in [-0.15, -0.1) is 0 Å². The lowest BCUT2D eigenvalue weighted by molar-refractivity contribution is 0.0536. The van der Waals surface area contributed by atoms with Crippen molar-refractivity contribution < 1.29 is 14.2 Å². The van der Waals surface area contributed by atoms with Crippen LogP contribution in [0.2, 0.25) is 0 Å². The Morgan fingerprint density at radius 3 is 2.65 bits per heavy atom. The van der Waals surface area contributed by atoms with E-state index in [1.165, 1.54) is 6.33 Å². The minimum Gasteiger partial charge on any atom is -0.489 e. The molecule has 0 aliphatic rings. The summed E-state index contributed by atoms with van der Waals surface area (Å²) in [7, 11) is 3.31. The highest BCUT2D eigenvalue weighted by Gasteiger charge is 2.12. The molecule has 0 bridgehead atoms. The minimum atomic E-state index is 0.193. The maximum atomic E-state index is 5.48. The summed E-state index contributed by atoms with van der Waals surface area (Å²) in [5.41, 5.74) is 0. The molecule has 0 aromatic carbocycles. The van der Waals surface area contributed by atoms with Crippen molar-refractivity contribution >= 4 is 5.82 Å². The van der Waals surface area contributed by atoms with Gasteiger partial charge in [-0.3, -0.25) is 0 Å². The molecule has 0 unspecified atom stereocenters. The van der Waals surface area contributed by atoms with E-state index in [4.69, 9.17) is 14.2 Å². The Hall–Kier alpha value is -1.56. The third kappa shape index (κ3) is 4.07. The van der Waals surface area contributed by atoms with Crippen molar-refractivity contribution in [1.82, 2.24) is 9.97 Å². The number of hydrogen-bond acceptors (Lipinski definition) is 6. The Morgan fingerprint density at radius 2 is 2.06 bits per heavy atom. The van der Waals surface area contributed by atoms with Crippen LogP contribution in [-0.4, -0.2) is 43.4 Å². The summed E-state index contributed by atoms with van der Waals surface area (Å²) >= 11 is 0. The highest BCUT2D eigenvalue weighted by molar-refractivity contribution is 5.54. The molecule has 0 amide bonds. The average molecular weight is 241 g/mol. The number of rotatable bonds is 7. The van der Waals surface area contributed by atoms with E-state index < -0.39 is 0 Å². The van der Waals surface area contributed by atoms with Gasteiger partial charge in [0.25, 0.3) is 5.88 Å². The number of aromatic nitrogens is 2. The van der Waals surface area contributed by atoms with Crippen LogP contribution in [0.5, 0.6) is 11.6 Å². The zero-order chi connectivity index (χ0) is 12.7. The topological polar surface area (TPSA) is 65.5 Å². The van der Waals surface area contributed by atoms with E-state index in [9.17, 15) is 0 Å². The second-order valence-corrected chi connectivity index (χ2v) is 3.58. The molecule has 1 rings (SSSR count). The van der Waals surface area contributed by atoms with E-state index in [1.54, 1.807) is 14.2 Å². The van der Waals surface area contributed by atoms with E-state index in [1.807, 2.05) is 13.8 Å². The maximum absolute atomic E-state index is 5.48. The molecule has 17 heavy (non-hydrogen) atoms. The minimum absolute atomic E-state index is 0.193. The van der Waals surface area contributed by atoms with Gasteiger partial charge in [-0.25, -0.2) is 4.98 Å². The normalized spacial score (nSPS) is 10.4. The highest BCUT2D eigenvalue weighted by Crippen LogP contribution is 2.30. The van der Waals surface area contributed by atoms with Crippen molar-refractivity contribution in [2.75, 3.05) is 32.7 Å². The number of nitrogens with one attached hydrogen (secondary N) is 1. The van der Waals surface area contributed by atoms with Gasteiger partial charge in [0.05, 0.1) is 19.8 Å². The van der Waals surface area contributed by atoms with Crippen molar-refractivity contribution in [1.29, 1.82) is 0 Å². The zero-order valence-electron chi connectivity index (χ0n) is 10.7. The molecular weight excluding hydrogens is 222 g/mol. The first-order valence-electron chi connectivity index (χ1n) is 5.50. The van der Waals surface area contributed by atoms with Crippen LogP contribution in [-0.2, 0) is 4.74 Å². The first kappa shape index (κ1) is 13.5. The second kappa shape index (κ2) is 6.90. The summed E-state index contributed by atoms with van der Waals surface area (Å²) < 4.78 is 16.0. The smallest absolute Gasteiger partial charge is 0.262 e. The van der Waals surface area contributed by atoms with Crippen LogP contribution in [0.1, 0.15) is 13.8 Å². The molecule has 6 nitrogen and oxygen atoms in total. The van der Waals surface area contributed by atoms with Gasteiger partial charge in [0.2, 0.25) is 5.75 Å². The molecule has 0 spiro atoms. The lowest BCUT2D eigenvalue weighted by Crippen LogP contribution is -2.12. The fourth-order valence-corrected chi connectivity index (χ4v) is 1.24.